The minimum absolute atomic E-state index is 0.466. The number of hydrogen-bond acceptors (Lipinski definition) is 2. The molecule has 0 amide bonds. The molecular weight excluding hydrogens is 320 g/mol. The van der Waals surface area contributed by atoms with E-state index in [4.69, 9.17) is 16.4 Å². The third-order valence-electron chi connectivity index (χ3n) is 3.90. The van der Waals surface area contributed by atoms with Gasteiger partial charge >= 0.3 is 0 Å². The highest BCUT2D eigenvalue weighted by Crippen LogP contribution is 2.21. The van der Waals surface area contributed by atoms with E-state index in [0.29, 0.717) is 6.61 Å². The maximum atomic E-state index is 5.97. The summed E-state index contributed by atoms with van der Waals surface area (Å²) in [6.45, 7) is 4.61. The maximum Gasteiger partial charge on any atom is 0.142 e. The molecule has 122 valence electrons. The van der Waals surface area contributed by atoms with Gasteiger partial charge in [0.1, 0.15) is 6.61 Å². The van der Waals surface area contributed by atoms with Gasteiger partial charge in [0.25, 0.3) is 0 Å². The molecule has 0 unspecified atom stereocenters. The van der Waals surface area contributed by atoms with Crippen LogP contribution >= 0.6 is 11.6 Å². The van der Waals surface area contributed by atoms with E-state index in [2.05, 4.69) is 29.6 Å². The van der Waals surface area contributed by atoms with Crippen LogP contribution in [-0.4, -0.2) is 10.8 Å². The Labute approximate surface area is 147 Å². The fourth-order valence-corrected chi connectivity index (χ4v) is 2.81. The monoisotopic (exact) mass is 338 g/mol. The van der Waals surface area contributed by atoms with Crippen LogP contribution in [0.1, 0.15) is 22.5 Å². The first kappa shape index (κ1) is 16.3. The van der Waals surface area contributed by atoms with Crippen molar-refractivity contribution in [1.82, 2.24) is 4.57 Å². The van der Waals surface area contributed by atoms with Gasteiger partial charge in [-0.1, -0.05) is 47.1 Å². The van der Waals surface area contributed by atoms with Crippen LogP contribution in [-0.2, 0) is 11.4 Å². The van der Waals surface area contributed by atoms with Crippen LogP contribution in [0.4, 0.5) is 0 Å². The minimum atomic E-state index is 0.466. The van der Waals surface area contributed by atoms with Crippen LogP contribution in [0, 0.1) is 13.8 Å². The lowest BCUT2D eigenvalue weighted by Gasteiger charge is -2.09. The summed E-state index contributed by atoms with van der Waals surface area (Å²) in [7, 11) is 0. The molecule has 0 aliphatic carbocycles. The van der Waals surface area contributed by atoms with Gasteiger partial charge in [-0.3, -0.25) is 0 Å². The van der Waals surface area contributed by atoms with Gasteiger partial charge in [0.15, 0.2) is 0 Å². The third-order valence-corrected chi connectivity index (χ3v) is 4.15. The number of hydrogen-bond donors (Lipinski definition) is 0. The van der Waals surface area contributed by atoms with Crippen LogP contribution in [0.25, 0.3) is 5.69 Å². The minimum Gasteiger partial charge on any atom is -0.391 e. The molecule has 0 spiro atoms. The fraction of sp³-hybridized carbons (Fsp3) is 0.150. The van der Waals surface area contributed by atoms with Gasteiger partial charge in [0, 0.05) is 27.7 Å². The molecule has 0 saturated carbocycles. The van der Waals surface area contributed by atoms with Gasteiger partial charge < -0.3 is 9.40 Å². The summed E-state index contributed by atoms with van der Waals surface area (Å²) in [6.07, 6.45) is 1.76. The Morgan fingerprint density at radius 3 is 2.46 bits per heavy atom. The highest BCUT2D eigenvalue weighted by atomic mass is 35.5. The van der Waals surface area contributed by atoms with Crippen molar-refractivity contribution in [1.29, 1.82) is 0 Å². The summed E-state index contributed by atoms with van der Waals surface area (Å²) in [5.74, 6) is 0. The van der Waals surface area contributed by atoms with Gasteiger partial charge in [-0.25, -0.2) is 0 Å². The second-order valence-corrected chi connectivity index (χ2v) is 6.07. The zero-order chi connectivity index (χ0) is 16.9. The van der Waals surface area contributed by atoms with E-state index >= 15 is 0 Å². The number of nitrogens with zero attached hydrogens (tertiary/aromatic N) is 2. The summed E-state index contributed by atoms with van der Waals surface area (Å²) < 4.78 is 2.18. The molecule has 0 bridgehead atoms. The van der Waals surface area contributed by atoms with Crippen molar-refractivity contribution in [2.45, 2.75) is 20.5 Å². The zero-order valence-electron chi connectivity index (χ0n) is 13.7. The summed E-state index contributed by atoms with van der Waals surface area (Å²) in [5.41, 5.74) is 5.47. The average molecular weight is 339 g/mol. The highest BCUT2D eigenvalue weighted by molar-refractivity contribution is 6.30. The smallest absolute Gasteiger partial charge is 0.142 e. The van der Waals surface area contributed by atoms with E-state index in [1.165, 1.54) is 0 Å². The van der Waals surface area contributed by atoms with Crippen molar-refractivity contribution < 1.29 is 4.84 Å². The number of halogens is 1. The van der Waals surface area contributed by atoms with Crippen LogP contribution in [0.2, 0.25) is 5.02 Å². The Hall–Kier alpha value is -2.52. The van der Waals surface area contributed by atoms with Gasteiger partial charge in [0.2, 0.25) is 0 Å². The largest absolute Gasteiger partial charge is 0.391 e. The Bertz CT molecular complexity index is 836. The van der Waals surface area contributed by atoms with Crippen molar-refractivity contribution >= 4 is 17.8 Å². The first-order chi connectivity index (χ1) is 11.6. The normalized spacial score (nSPS) is 11.1. The van der Waals surface area contributed by atoms with Crippen LogP contribution in [0.5, 0.6) is 0 Å². The van der Waals surface area contributed by atoms with Crippen molar-refractivity contribution in [3.8, 4) is 5.69 Å². The lowest BCUT2D eigenvalue weighted by molar-refractivity contribution is 0.132. The first-order valence-electron chi connectivity index (χ1n) is 7.79. The number of oxime groups is 1. The molecule has 0 saturated heterocycles. The van der Waals surface area contributed by atoms with Crippen LogP contribution in [0.3, 0.4) is 0 Å². The molecule has 3 aromatic rings. The van der Waals surface area contributed by atoms with E-state index in [9.17, 15) is 0 Å². The van der Waals surface area contributed by atoms with Crippen molar-refractivity contribution in [2.24, 2.45) is 5.16 Å². The van der Waals surface area contributed by atoms with E-state index < -0.39 is 0 Å². The quantitative estimate of drug-likeness (QED) is 0.458. The van der Waals surface area contributed by atoms with Crippen LogP contribution < -0.4 is 0 Å². The molecule has 0 aliphatic rings. The lowest BCUT2D eigenvalue weighted by atomic mass is 10.2. The number of benzene rings is 2. The molecular formula is C20H19ClN2O. The fourth-order valence-electron chi connectivity index (χ4n) is 2.69. The van der Waals surface area contributed by atoms with E-state index in [1.807, 2.05) is 54.6 Å². The van der Waals surface area contributed by atoms with E-state index in [1.54, 1.807) is 6.21 Å². The second-order valence-electron chi connectivity index (χ2n) is 5.63. The first-order valence-corrected chi connectivity index (χ1v) is 8.17. The molecule has 3 nitrogen and oxygen atoms in total. The number of aryl methyl sites for hydroxylation is 1. The standard InChI is InChI=1S/C20H19ClN2O/c1-15-12-18(13-22-24-14-17-6-4-3-5-7-17)16(2)23(15)20-10-8-19(21)9-11-20/h3-13H,14H2,1-2H3. The molecule has 4 heteroatoms. The molecule has 3 rings (SSSR count). The zero-order valence-corrected chi connectivity index (χ0v) is 14.5. The Morgan fingerprint density at radius 2 is 1.75 bits per heavy atom. The van der Waals surface area contributed by atoms with Crippen LogP contribution in [0.15, 0.2) is 65.8 Å². The molecule has 0 fully saturated rings. The SMILES string of the molecule is Cc1cc(C=NOCc2ccccc2)c(C)n1-c1ccc(Cl)cc1. The molecule has 1 heterocycles. The second kappa shape index (κ2) is 7.37. The van der Waals surface area contributed by atoms with Crippen molar-refractivity contribution in [2.75, 3.05) is 0 Å². The number of aromatic nitrogens is 1. The molecule has 0 radical (unpaired) electrons. The van der Waals surface area contributed by atoms with Crippen molar-refractivity contribution in [3.63, 3.8) is 0 Å². The molecule has 0 aliphatic heterocycles. The predicted molar refractivity (Wildman–Crippen MR) is 99.1 cm³/mol. The van der Waals surface area contributed by atoms with Crippen molar-refractivity contribution in [3.05, 3.63) is 88.2 Å². The summed E-state index contributed by atoms with van der Waals surface area (Å²) in [4.78, 5) is 5.39. The summed E-state index contributed by atoms with van der Waals surface area (Å²) in [6, 6.07) is 19.9. The maximum absolute atomic E-state index is 5.97. The summed E-state index contributed by atoms with van der Waals surface area (Å²) in [5, 5.41) is 4.83. The molecule has 0 atom stereocenters. The summed E-state index contributed by atoms with van der Waals surface area (Å²) >= 11 is 5.97. The Balaban J connectivity index is 1.74. The van der Waals surface area contributed by atoms with E-state index in [-0.39, 0.29) is 0 Å². The van der Waals surface area contributed by atoms with Gasteiger partial charge in [-0.05, 0) is 49.7 Å². The molecule has 1 aromatic heterocycles. The number of rotatable bonds is 5. The topological polar surface area (TPSA) is 26.5 Å². The third kappa shape index (κ3) is 3.69. The Morgan fingerprint density at radius 1 is 1.04 bits per heavy atom. The van der Waals surface area contributed by atoms with Gasteiger partial charge in [-0.15, -0.1) is 0 Å². The average Bonchev–Trinajstić information content (AvgIpc) is 2.88. The molecule has 24 heavy (non-hydrogen) atoms. The Kier molecular flexibility index (Phi) is 5.02. The predicted octanol–water partition coefficient (Wildman–Crippen LogP) is 5.30. The lowest BCUT2D eigenvalue weighted by Crippen LogP contribution is -1.99. The van der Waals surface area contributed by atoms with Gasteiger partial charge in [-0.2, -0.15) is 0 Å². The highest BCUT2D eigenvalue weighted by Gasteiger charge is 2.09. The molecule has 0 N–H and O–H groups in total. The van der Waals surface area contributed by atoms with E-state index in [0.717, 1.165) is 33.2 Å². The van der Waals surface area contributed by atoms with Gasteiger partial charge in [0.05, 0.1) is 6.21 Å². The molecule has 2 aromatic carbocycles.